The average molecular weight is 288 g/mol. The van der Waals surface area contributed by atoms with Crippen LogP contribution in [0.2, 0.25) is 0 Å². The molecule has 2 aromatic rings. The highest BCUT2D eigenvalue weighted by atomic mass is 16.3. The third-order valence-electron chi connectivity index (χ3n) is 4.19. The zero-order chi connectivity index (χ0) is 15.0. The summed E-state index contributed by atoms with van der Waals surface area (Å²) in [6.07, 6.45) is 4.80. The predicted molar refractivity (Wildman–Crippen MR) is 78.2 cm³/mol. The Morgan fingerprint density at radius 2 is 2.24 bits per heavy atom. The van der Waals surface area contributed by atoms with Crippen molar-refractivity contribution in [2.45, 2.75) is 39.2 Å². The van der Waals surface area contributed by atoms with Crippen molar-refractivity contribution in [3.63, 3.8) is 0 Å². The average Bonchev–Trinajstić information content (AvgIpc) is 2.77. The van der Waals surface area contributed by atoms with Gasteiger partial charge in [0.25, 0.3) is 5.91 Å². The maximum Gasteiger partial charge on any atom is 0.257 e. The molecule has 1 N–H and O–H groups in total. The highest BCUT2D eigenvalue weighted by molar-refractivity contribution is 5.95. The van der Waals surface area contributed by atoms with Crippen molar-refractivity contribution >= 4 is 11.6 Å². The van der Waals surface area contributed by atoms with Crippen LogP contribution in [-0.2, 0) is 0 Å². The summed E-state index contributed by atoms with van der Waals surface area (Å²) < 4.78 is 1.71. The monoisotopic (exact) mass is 288 g/mol. The maximum absolute atomic E-state index is 12.8. The van der Waals surface area contributed by atoms with Crippen LogP contribution in [-0.4, -0.2) is 49.7 Å². The fourth-order valence-corrected chi connectivity index (χ4v) is 2.78. The molecule has 1 fully saturated rings. The molecule has 112 valence electrons. The van der Waals surface area contributed by atoms with E-state index in [2.05, 4.69) is 10.1 Å². The minimum absolute atomic E-state index is 0.0160. The molecular weight excluding hydrogens is 268 g/mol. The van der Waals surface area contributed by atoms with Crippen LogP contribution >= 0.6 is 0 Å². The predicted octanol–water partition coefficient (Wildman–Crippen LogP) is 1.33. The molecule has 6 nitrogen and oxygen atoms in total. The number of aliphatic hydroxyl groups excluding tert-OH is 1. The van der Waals surface area contributed by atoms with E-state index in [0.717, 1.165) is 36.3 Å². The van der Waals surface area contributed by atoms with Crippen molar-refractivity contribution in [3.05, 3.63) is 29.2 Å². The number of amides is 1. The SMILES string of the molecule is Cc1cc2ncc(C(=O)N(CCO)C3CCC3)c(C)n2n1. The second-order valence-corrected chi connectivity index (χ2v) is 5.62. The van der Waals surface area contributed by atoms with E-state index in [4.69, 9.17) is 0 Å². The van der Waals surface area contributed by atoms with Gasteiger partial charge in [-0.2, -0.15) is 5.10 Å². The van der Waals surface area contributed by atoms with Crippen LogP contribution in [0.3, 0.4) is 0 Å². The zero-order valence-electron chi connectivity index (χ0n) is 12.4. The number of aromatic nitrogens is 3. The van der Waals surface area contributed by atoms with Gasteiger partial charge in [-0.15, -0.1) is 0 Å². The molecule has 1 amide bonds. The van der Waals surface area contributed by atoms with Crippen LogP contribution in [0.4, 0.5) is 0 Å². The minimum Gasteiger partial charge on any atom is -0.395 e. The molecule has 1 aliphatic carbocycles. The van der Waals surface area contributed by atoms with Gasteiger partial charge in [0.2, 0.25) is 0 Å². The molecule has 2 aromatic heterocycles. The van der Waals surface area contributed by atoms with Crippen molar-refractivity contribution in [1.82, 2.24) is 19.5 Å². The summed E-state index contributed by atoms with van der Waals surface area (Å²) in [5.74, 6) is -0.0613. The van der Waals surface area contributed by atoms with Crippen LogP contribution in [0.5, 0.6) is 0 Å². The van der Waals surface area contributed by atoms with E-state index in [9.17, 15) is 9.90 Å². The highest BCUT2D eigenvalue weighted by Gasteiger charge is 2.30. The van der Waals surface area contributed by atoms with Crippen molar-refractivity contribution < 1.29 is 9.90 Å². The van der Waals surface area contributed by atoms with Gasteiger partial charge in [0.05, 0.1) is 23.6 Å². The second kappa shape index (κ2) is 5.44. The second-order valence-electron chi connectivity index (χ2n) is 5.62. The van der Waals surface area contributed by atoms with Crippen molar-refractivity contribution in [1.29, 1.82) is 0 Å². The number of nitrogens with zero attached hydrogens (tertiary/aromatic N) is 4. The number of aliphatic hydroxyl groups is 1. The maximum atomic E-state index is 12.8. The zero-order valence-corrected chi connectivity index (χ0v) is 12.4. The van der Waals surface area contributed by atoms with Crippen LogP contribution < -0.4 is 0 Å². The van der Waals surface area contributed by atoms with Crippen LogP contribution in [0.15, 0.2) is 12.3 Å². The lowest BCUT2D eigenvalue weighted by Gasteiger charge is -2.37. The van der Waals surface area contributed by atoms with Crippen molar-refractivity contribution in [3.8, 4) is 0 Å². The third-order valence-corrected chi connectivity index (χ3v) is 4.19. The number of rotatable bonds is 4. The normalized spacial score (nSPS) is 15.2. The summed E-state index contributed by atoms with van der Waals surface area (Å²) in [6.45, 7) is 4.14. The van der Waals surface area contributed by atoms with Gasteiger partial charge >= 0.3 is 0 Å². The Morgan fingerprint density at radius 3 is 2.86 bits per heavy atom. The summed E-state index contributed by atoms with van der Waals surface area (Å²) in [6, 6.07) is 2.14. The molecule has 0 spiro atoms. The van der Waals surface area contributed by atoms with E-state index in [0.29, 0.717) is 12.1 Å². The first-order chi connectivity index (χ1) is 10.1. The third kappa shape index (κ3) is 2.40. The molecule has 1 saturated carbocycles. The van der Waals surface area contributed by atoms with Gasteiger partial charge in [-0.05, 0) is 33.1 Å². The lowest BCUT2D eigenvalue weighted by molar-refractivity contribution is 0.0524. The van der Waals surface area contributed by atoms with E-state index in [1.165, 1.54) is 0 Å². The van der Waals surface area contributed by atoms with Gasteiger partial charge in [0, 0.05) is 24.8 Å². The molecule has 0 atom stereocenters. The van der Waals surface area contributed by atoms with Crippen LogP contribution in [0.25, 0.3) is 5.65 Å². The summed E-state index contributed by atoms with van der Waals surface area (Å²) in [5, 5.41) is 13.6. The number of carbonyl (C=O) groups is 1. The molecule has 3 rings (SSSR count). The van der Waals surface area contributed by atoms with Gasteiger partial charge in [-0.3, -0.25) is 4.79 Å². The Morgan fingerprint density at radius 1 is 1.48 bits per heavy atom. The fraction of sp³-hybridized carbons (Fsp3) is 0.533. The van der Waals surface area contributed by atoms with E-state index >= 15 is 0 Å². The molecule has 6 heteroatoms. The first-order valence-corrected chi connectivity index (χ1v) is 7.35. The number of hydrogen-bond acceptors (Lipinski definition) is 4. The van der Waals surface area contributed by atoms with Gasteiger partial charge in [-0.25, -0.2) is 9.50 Å². The van der Waals surface area contributed by atoms with Crippen LogP contribution in [0, 0.1) is 13.8 Å². The lowest BCUT2D eigenvalue weighted by Crippen LogP contribution is -2.46. The van der Waals surface area contributed by atoms with Gasteiger partial charge in [-0.1, -0.05) is 0 Å². The molecule has 0 unspecified atom stereocenters. The fourth-order valence-electron chi connectivity index (χ4n) is 2.78. The Balaban J connectivity index is 1.97. The van der Waals surface area contributed by atoms with E-state index < -0.39 is 0 Å². The van der Waals surface area contributed by atoms with Gasteiger partial charge < -0.3 is 10.0 Å². The van der Waals surface area contributed by atoms with E-state index in [1.807, 2.05) is 19.9 Å². The Kier molecular flexibility index (Phi) is 3.63. The first-order valence-electron chi connectivity index (χ1n) is 7.35. The first kappa shape index (κ1) is 14.0. The van der Waals surface area contributed by atoms with E-state index in [-0.39, 0.29) is 18.6 Å². The topological polar surface area (TPSA) is 70.7 Å². The van der Waals surface area contributed by atoms with E-state index in [1.54, 1.807) is 15.6 Å². The largest absolute Gasteiger partial charge is 0.395 e. The van der Waals surface area contributed by atoms with Crippen LogP contribution in [0.1, 0.15) is 41.0 Å². The summed E-state index contributed by atoms with van der Waals surface area (Å²) in [7, 11) is 0. The number of aryl methyl sites for hydroxylation is 2. The molecule has 0 saturated heterocycles. The molecule has 0 aromatic carbocycles. The highest BCUT2D eigenvalue weighted by Crippen LogP contribution is 2.26. The quantitative estimate of drug-likeness (QED) is 0.921. The summed E-state index contributed by atoms with van der Waals surface area (Å²) in [4.78, 5) is 18.9. The molecular formula is C15H20N4O2. The molecule has 1 aliphatic rings. The molecule has 0 radical (unpaired) electrons. The number of hydrogen-bond donors (Lipinski definition) is 1. The van der Waals surface area contributed by atoms with Crippen molar-refractivity contribution in [2.24, 2.45) is 0 Å². The summed E-state index contributed by atoms with van der Waals surface area (Å²) >= 11 is 0. The number of fused-ring (bicyclic) bond motifs is 1. The number of carbonyl (C=O) groups excluding carboxylic acids is 1. The van der Waals surface area contributed by atoms with Crippen molar-refractivity contribution in [2.75, 3.05) is 13.2 Å². The van der Waals surface area contributed by atoms with Gasteiger partial charge in [0.15, 0.2) is 5.65 Å². The summed E-state index contributed by atoms with van der Waals surface area (Å²) in [5.41, 5.74) is 2.98. The van der Waals surface area contributed by atoms with Gasteiger partial charge in [0.1, 0.15) is 0 Å². The smallest absolute Gasteiger partial charge is 0.257 e. The standard InChI is InChI=1S/C15H20N4O2/c1-10-8-14-16-9-13(11(2)19(14)17-10)15(21)18(6-7-20)12-4-3-5-12/h8-9,12,20H,3-7H2,1-2H3. The molecule has 0 aliphatic heterocycles. The molecule has 0 bridgehead atoms. The Labute approximate surface area is 123 Å². The molecule has 2 heterocycles. The Hall–Kier alpha value is -1.95. The minimum atomic E-state index is -0.0613. The Bertz CT molecular complexity index is 676. The lowest BCUT2D eigenvalue weighted by atomic mass is 9.91. The molecule has 21 heavy (non-hydrogen) atoms.